The Morgan fingerprint density at radius 3 is 2.43 bits per heavy atom. The summed E-state index contributed by atoms with van der Waals surface area (Å²) < 4.78 is 0. The number of aliphatic hydroxyl groups excluding tert-OH is 1. The Morgan fingerprint density at radius 1 is 1.57 bits per heavy atom. The van der Waals surface area contributed by atoms with Crippen LogP contribution < -0.4 is 11.5 Å². The van der Waals surface area contributed by atoms with Gasteiger partial charge in [-0.3, -0.25) is 5.41 Å². The zero-order chi connectivity index (χ0) is 11.3. The summed E-state index contributed by atoms with van der Waals surface area (Å²) in [6.07, 6.45) is 1.63. The average Bonchev–Trinajstić information content (AvgIpc) is 2.14. The molecule has 14 heavy (non-hydrogen) atoms. The van der Waals surface area contributed by atoms with E-state index in [4.69, 9.17) is 16.9 Å². The van der Waals surface area contributed by atoms with Crippen molar-refractivity contribution < 1.29 is 5.11 Å². The van der Waals surface area contributed by atoms with Gasteiger partial charge < -0.3 is 16.6 Å². The monoisotopic (exact) mass is 199 g/mol. The lowest BCUT2D eigenvalue weighted by atomic mass is 9.84. The van der Waals surface area contributed by atoms with Gasteiger partial charge >= 0.3 is 0 Å². The van der Waals surface area contributed by atoms with E-state index in [0.717, 1.165) is 6.42 Å². The minimum atomic E-state index is -1.04. The lowest BCUT2D eigenvalue weighted by Crippen LogP contribution is -2.48. The van der Waals surface area contributed by atoms with Crippen molar-refractivity contribution in [1.29, 1.82) is 5.41 Å². The number of hydrogen-bond acceptors (Lipinski definition) is 3. The molecule has 0 aromatic rings. The van der Waals surface area contributed by atoms with Crippen LogP contribution in [0.4, 0.5) is 0 Å². The maximum absolute atomic E-state index is 9.48. The first-order valence-corrected chi connectivity index (χ1v) is 4.80. The first-order chi connectivity index (χ1) is 6.41. The second-order valence-corrected chi connectivity index (χ2v) is 3.84. The number of nitrogens with one attached hydrogen (secondary N) is 1. The predicted molar refractivity (Wildman–Crippen MR) is 59.0 cm³/mol. The molecule has 6 N–H and O–H groups in total. The van der Waals surface area contributed by atoms with Crippen molar-refractivity contribution in [2.45, 2.75) is 32.4 Å². The smallest absolute Gasteiger partial charge is 0.126 e. The molecule has 0 aromatic heterocycles. The van der Waals surface area contributed by atoms with Gasteiger partial charge in [0.2, 0.25) is 0 Å². The lowest BCUT2D eigenvalue weighted by Gasteiger charge is -2.28. The Bertz CT molecular complexity index is 206. The Hall–Kier alpha value is -0.870. The summed E-state index contributed by atoms with van der Waals surface area (Å²) in [5.41, 5.74) is 11.0. The molecular formula is C10H21N3O. The fraction of sp³-hybridized carbons (Fsp3) is 0.700. The van der Waals surface area contributed by atoms with Gasteiger partial charge in [-0.25, -0.2) is 0 Å². The number of aliphatic hydroxyl groups is 1. The van der Waals surface area contributed by atoms with E-state index >= 15 is 0 Å². The van der Waals surface area contributed by atoms with Crippen molar-refractivity contribution in [3.63, 3.8) is 0 Å². The molecule has 0 rings (SSSR count). The minimum Gasteiger partial charge on any atom is -0.385 e. The fourth-order valence-corrected chi connectivity index (χ4v) is 1.35. The van der Waals surface area contributed by atoms with E-state index in [1.165, 1.54) is 0 Å². The van der Waals surface area contributed by atoms with E-state index in [-0.39, 0.29) is 11.8 Å². The Kier molecular flexibility index (Phi) is 5.42. The predicted octanol–water partition coefficient (Wildman–Crippen LogP) is 0.459. The van der Waals surface area contributed by atoms with Gasteiger partial charge in [0.1, 0.15) is 11.9 Å². The summed E-state index contributed by atoms with van der Waals surface area (Å²) in [4.78, 5) is 0. The van der Waals surface area contributed by atoms with Crippen LogP contribution in [0, 0.1) is 17.2 Å². The van der Waals surface area contributed by atoms with Gasteiger partial charge in [0.15, 0.2) is 0 Å². The van der Waals surface area contributed by atoms with Crippen LogP contribution in [0.25, 0.3) is 0 Å². The summed E-state index contributed by atoms with van der Waals surface area (Å²) in [7, 11) is 0. The van der Waals surface area contributed by atoms with Gasteiger partial charge in [0.25, 0.3) is 0 Å². The zero-order valence-electron chi connectivity index (χ0n) is 8.90. The molecule has 0 aliphatic carbocycles. The third kappa shape index (κ3) is 3.47. The van der Waals surface area contributed by atoms with Crippen molar-refractivity contribution in [2.24, 2.45) is 23.3 Å². The molecule has 0 radical (unpaired) electrons. The Labute approximate surface area is 85.5 Å². The summed E-state index contributed by atoms with van der Waals surface area (Å²) >= 11 is 0. The number of amidine groups is 1. The molecule has 0 unspecified atom stereocenters. The maximum Gasteiger partial charge on any atom is 0.126 e. The normalized spacial score (nSPS) is 19.4. The Morgan fingerprint density at radius 2 is 2.07 bits per heavy atom. The standard InChI is InChI=1S/C10H21N3O/c1-4-5-6(2)7(3)8(11)9(14)10(12)13/h4,6-9,14H,1,5,11H2,2-3H3,(H3,12,13)/t6-,7-,8-,9-/m1/s1. The summed E-state index contributed by atoms with van der Waals surface area (Å²) in [5, 5.41) is 16.6. The van der Waals surface area contributed by atoms with Gasteiger partial charge in [-0.1, -0.05) is 19.9 Å². The van der Waals surface area contributed by atoms with Gasteiger partial charge in [-0.15, -0.1) is 6.58 Å². The second-order valence-electron chi connectivity index (χ2n) is 3.84. The second kappa shape index (κ2) is 5.78. The molecule has 0 aromatic carbocycles. The summed E-state index contributed by atoms with van der Waals surface area (Å²) in [6.45, 7) is 7.64. The molecule has 4 atom stereocenters. The van der Waals surface area contributed by atoms with Crippen LogP contribution in [0.2, 0.25) is 0 Å². The van der Waals surface area contributed by atoms with Crippen LogP contribution in [0.15, 0.2) is 12.7 Å². The molecule has 0 amide bonds. The molecule has 0 heterocycles. The number of nitrogens with two attached hydrogens (primary N) is 2. The molecule has 0 fully saturated rings. The third-order valence-corrected chi connectivity index (χ3v) is 2.73. The molecule has 82 valence electrons. The molecular weight excluding hydrogens is 178 g/mol. The minimum absolute atomic E-state index is 0.104. The van der Waals surface area contributed by atoms with E-state index in [1.54, 1.807) is 0 Å². The largest absolute Gasteiger partial charge is 0.385 e. The maximum atomic E-state index is 9.48. The highest BCUT2D eigenvalue weighted by Crippen LogP contribution is 2.19. The lowest BCUT2D eigenvalue weighted by molar-refractivity contribution is 0.157. The van der Waals surface area contributed by atoms with Gasteiger partial charge in [0, 0.05) is 6.04 Å². The first kappa shape index (κ1) is 13.1. The average molecular weight is 199 g/mol. The van der Waals surface area contributed by atoms with Crippen molar-refractivity contribution >= 4 is 5.84 Å². The molecule has 0 saturated heterocycles. The fourth-order valence-electron chi connectivity index (χ4n) is 1.35. The van der Waals surface area contributed by atoms with Crippen LogP contribution in [0.3, 0.4) is 0 Å². The van der Waals surface area contributed by atoms with Crippen LogP contribution in [0.5, 0.6) is 0 Å². The van der Waals surface area contributed by atoms with Gasteiger partial charge in [0.05, 0.1) is 0 Å². The quantitative estimate of drug-likeness (QED) is 0.284. The van der Waals surface area contributed by atoms with E-state index < -0.39 is 12.1 Å². The molecule has 0 aliphatic heterocycles. The molecule has 4 heteroatoms. The van der Waals surface area contributed by atoms with Crippen molar-refractivity contribution in [3.05, 3.63) is 12.7 Å². The van der Waals surface area contributed by atoms with E-state index in [0.29, 0.717) is 5.92 Å². The summed E-state index contributed by atoms with van der Waals surface area (Å²) in [5.74, 6) is 0.165. The Balaban J connectivity index is 4.29. The number of allylic oxidation sites excluding steroid dienone is 1. The molecule has 0 aliphatic rings. The van der Waals surface area contributed by atoms with E-state index in [9.17, 15) is 5.11 Å². The molecule has 4 nitrogen and oxygen atoms in total. The highest BCUT2D eigenvalue weighted by Gasteiger charge is 2.26. The molecule has 0 saturated carbocycles. The van der Waals surface area contributed by atoms with Crippen molar-refractivity contribution in [2.75, 3.05) is 0 Å². The van der Waals surface area contributed by atoms with Crippen LogP contribution in [0.1, 0.15) is 20.3 Å². The van der Waals surface area contributed by atoms with E-state index in [2.05, 4.69) is 6.58 Å². The first-order valence-electron chi connectivity index (χ1n) is 4.80. The van der Waals surface area contributed by atoms with Crippen LogP contribution >= 0.6 is 0 Å². The highest BCUT2D eigenvalue weighted by atomic mass is 16.3. The van der Waals surface area contributed by atoms with E-state index in [1.807, 2.05) is 19.9 Å². The van der Waals surface area contributed by atoms with Gasteiger partial charge in [-0.05, 0) is 18.3 Å². The van der Waals surface area contributed by atoms with Crippen molar-refractivity contribution in [3.8, 4) is 0 Å². The van der Waals surface area contributed by atoms with Crippen molar-refractivity contribution in [1.82, 2.24) is 0 Å². The van der Waals surface area contributed by atoms with Gasteiger partial charge in [-0.2, -0.15) is 0 Å². The topological polar surface area (TPSA) is 96.1 Å². The van der Waals surface area contributed by atoms with Crippen LogP contribution in [-0.2, 0) is 0 Å². The zero-order valence-corrected chi connectivity index (χ0v) is 8.90. The SMILES string of the molecule is C=CC[C@@H](C)[C@@H](C)[C@@H](N)[C@@H](O)C(=N)N. The summed E-state index contributed by atoms with van der Waals surface area (Å²) in [6, 6.07) is -0.484. The third-order valence-electron chi connectivity index (χ3n) is 2.73. The number of rotatable bonds is 6. The highest BCUT2D eigenvalue weighted by molar-refractivity contribution is 5.82. The number of hydrogen-bond donors (Lipinski definition) is 4. The molecule has 0 bridgehead atoms. The van der Waals surface area contributed by atoms with Crippen LogP contribution in [-0.4, -0.2) is 23.1 Å². The molecule has 0 spiro atoms.